The summed E-state index contributed by atoms with van der Waals surface area (Å²) in [5.74, 6) is -1.75. The molecule has 1 heterocycles. The molecule has 0 aliphatic carbocycles. The van der Waals surface area contributed by atoms with Crippen molar-refractivity contribution in [2.75, 3.05) is 12.5 Å². The van der Waals surface area contributed by atoms with Gasteiger partial charge in [-0.3, -0.25) is 9.59 Å². The third-order valence-corrected chi connectivity index (χ3v) is 3.99. The molecule has 2 aromatic rings. The maximum absolute atomic E-state index is 12.2. The molecular weight excluding hydrogens is 372 g/mol. The van der Waals surface area contributed by atoms with Gasteiger partial charge in [0, 0.05) is 10.5 Å². The van der Waals surface area contributed by atoms with E-state index in [0.29, 0.717) is 10.9 Å². The first-order valence-electron chi connectivity index (χ1n) is 6.77. The van der Waals surface area contributed by atoms with Gasteiger partial charge in [0.25, 0.3) is 12.5 Å². The minimum atomic E-state index is -3.79. The van der Waals surface area contributed by atoms with Crippen LogP contribution in [0.5, 0.6) is 0 Å². The maximum Gasteiger partial charge on any atom is 0.301 e. The molecule has 1 aromatic heterocycles. The average Bonchev–Trinajstić information content (AvgIpc) is 2.42. The zero-order chi connectivity index (χ0) is 18.8. The van der Waals surface area contributed by atoms with Crippen LogP contribution in [-0.4, -0.2) is 46.3 Å². The Morgan fingerprint density at radius 2 is 1.64 bits per heavy atom. The smallest absolute Gasteiger partial charge is 0.268 e. The van der Waals surface area contributed by atoms with Crippen LogP contribution in [0.15, 0.2) is 30.5 Å². The summed E-state index contributed by atoms with van der Waals surface area (Å²) in [5, 5.41) is 4.49. The highest BCUT2D eigenvalue weighted by atomic mass is 32.2. The van der Waals surface area contributed by atoms with Gasteiger partial charge in [0.15, 0.2) is 0 Å². The minimum absolute atomic E-state index is 0.0248. The molecule has 134 valence electrons. The fraction of sp³-hybridized carbons (Fsp3) is 0.231. The molecule has 10 nitrogen and oxygen atoms in total. The number of hydrogen-bond donors (Lipinski definition) is 2. The molecule has 0 bridgehead atoms. The predicted octanol–water partition coefficient (Wildman–Crippen LogP) is -1.71. The van der Waals surface area contributed by atoms with Gasteiger partial charge in [-0.25, -0.2) is 26.3 Å². The van der Waals surface area contributed by atoms with Gasteiger partial charge in [0.1, 0.15) is 11.1 Å². The molecule has 0 atom stereocenters. The van der Waals surface area contributed by atoms with Crippen LogP contribution >= 0.6 is 0 Å². The van der Waals surface area contributed by atoms with Gasteiger partial charge in [0.2, 0.25) is 26.2 Å². The molecule has 0 unspecified atom stereocenters. The summed E-state index contributed by atoms with van der Waals surface area (Å²) < 4.78 is 49.4. The summed E-state index contributed by atoms with van der Waals surface area (Å²) in [7, 11) is -7.52. The molecule has 1 aromatic carbocycles. The van der Waals surface area contributed by atoms with E-state index >= 15 is 0 Å². The number of nitrogens with zero attached hydrogens (tertiary/aromatic N) is 2. The van der Waals surface area contributed by atoms with Crippen LogP contribution in [0.1, 0.15) is 10.4 Å². The average molecular weight is 387 g/mol. The third-order valence-electron chi connectivity index (χ3n) is 2.84. The van der Waals surface area contributed by atoms with E-state index in [1.54, 1.807) is 29.0 Å². The third kappa shape index (κ3) is 5.46. The molecule has 2 rings (SSSR count). The van der Waals surface area contributed by atoms with Gasteiger partial charge >= 0.3 is 5.91 Å². The lowest BCUT2D eigenvalue weighted by Crippen LogP contribution is -2.47. The van der Waals surface area contributed by atoms with Crippen molar-refractivity contribution in [3.8, 4) is 0 Å². The highest BCUT2D eigenvalue weighted by molar-refractivity contribution is 7.89. The number of nitrogens with one attached hydrogen (secondary N) is 2. The second-order valence-corrected chi connectivity index (χ2v) is 8.76. The lowest BCUT2D eigenvalue weighted by atomic mass is 10.1. The molecule has 2 N–H and O–H groups in total. The Morgan fingerprint density at radius 3 is 2.24 bits per heavy atom. The van der Waals surface area contributed by atoms with Crippen LogP contribution in [0.2, 0.25) is 0 Å². The second-order valence-electron chi connectivity index (χ2n) is 5.26. The Bertz CT molecular complexity index is 1060. The quantitative estimate of drug-likeness (QED) is 0.581. The summed E-state index contributed by atoms with van der Waals surface area (Å²) in [4.78, 5) is 23.9. The number of hydrogen-bond acceptors (Lipinski definition) is 7. The Labute approximate surface area is 143 Å². The number of benzene rings is 1. The zero-order valence-electron chi connectivity index (χ0n) is 13.3. The molecule has 12 heteroatoms. The monoisotopic (exact) mass is 387 g/mol. The molecule has 0 aliphatic rings. The number of fused-ring (bicyclic) bond motifs is 1. The Balaban J connectivity index is 2.46. The molecule has 0 saturated heterocycles. The summed E-state index contributed by atoms with van der Waals surface area (Å²) in [6.07, 6.45) is 2.83. The topological polar surface area (TPSA) is 143 Å². The van der Waals surface area contributed by atoms with Crippen LogP contribution in [-0.2, 0) is 31.4 Å². The van der Waals surface area contributed by atoms with Crippen molar-refractivity contribution in [2.45, 2.75) is 6.54 Å². The van der Waals surface area contributed by atoms with Gasteiger partial charge < -0.3 is 0 Å². The molecule has 0 aliphatic heterocycles. The number of rotatable bonds is 5. The first-order valence-corrected chi connectivity index (χ1v) is 10.6. The molecular formula is C13H15N4O6S2+. The maximum atomic E-state index is 12.2. The highest BCUT2D eigenvalue weighted by Crippen LogP contribution is 2.14. The van der Waals surface area contributed by atoms with Gasteiger partial charge in [0.05, 0.1) is 12.5 Å². The van der Waals surface area contributed by atoms with E-state index in [0.717, 1.165) is 17.2 Å². The number of amides is 2. The largest absolute Gasteiger partial charge is 0.301 e. The van der Waals surface area contributed by atoms with Crippen LogP contribution in [0.4, 0.5) is 0 Å². The van der Waals surface area contributed by atoms with Gasteiger partial charge in [-0.05, 0) is 6.07 Å². The van der Waals surface area contributed by atoms with Crippen LogP contribution in [0.25, 0.3) is 10.9 Å². The van der Waals surface area contributed by atoms with E-state index < -0.39 is 38.4 Å². The van der Waals surface area contributed by atoms with Crippen LogP contribution in [0, 0.1) is 0 Å². The van der Waals surface area contributed by atoms with Crippen LogP contribution < -0.4 is 14.1 Å². The molecule has 0 spiro atoms. The summed E-state index contributed by atoms with van der Waals surface area (Å²) in [5.41, 5.74) is 0.305. The first kappa shape index (κ1) is 18.7. The number of aromatic nitrogens is 2. The number of carbonyl (C=O) groups excluding carboxylic acids is 2. The Hall–Kier alpha value is -2.60. The van der Waals surface area contributed by atoms with Gasteiger partial charge in [-0.2, -0.15) is 0 Å². The van der Waals surface area contributed by atoms with Crippen molar-refractivity contribution in [3.63, 3.8) is 0 Å². The SMILES string of the molecule is CS(=O)(=O)NC(=O)C[n+]1cc(C(=O)NS(C)(=O)=O)c2ccccc2n1. The van der Waals surface area contributed by atoms with E-state index in [9.17, 15) is 26.4 Å². The van der Waals surface area contributed by atoms with Crippen molar-refractivity contribution in [2.24, 2.45) is 0 Å². The van der Waals surface area contributed by atoms with Crippen molar-refractivity contribution < 1.29 is 31.1 Å². The lowest BCUT2D eigenvalue weighted by molar-refractivity contribution is -0.740. The number of carbonyl (C=O) groups is 2. The summed E-state index contributed by atoms with van der Waals surface area (Å²) in [6.45, 7) is -0.475. The van der Waals surface area contributed by atoms with Gasteiger partial charge in [-0.15, -0.1) is 0 Å². The zero-order valence-corrected chi connectivity index (χ0v) is 14.9. The predicted molar refractivity (Wildman–Crippen MR) is 87.2 cm³/mol. The van der Waals surface area contributed by atoms with Crippen molar-refractivity contribution in [3.05, 3.63) is 36.0 Å². The molecule has 0 fully saturated rings. The van der Waals surface area contributed by atoms with Gasteiger partial charge in [-0.1, -0.05) is 22.9 Å². The fourth-order valence-electron chi connectivity index (χ4n) is 2.05. The first-order chi connectivity index (χ1) is 11.4. The van der Waals surface area contributed by atoms with E-state index in [2.05, 4.69) is 5.10 Å². The van der Waals surface area contributed by atoms with E-state index in [4.69, 9.17) is 0 Å². The molecule has 0 radical (unpaired) electrons. The highest BCUT2D eigenvalue weighted by Gasteiger charge is 2.22. The van der Waals surface area contributed by atoms with Crippen molar-refractivity contribution in [1.29, 1.82) is 0 Å². The fourth-order valence-corrected chi connectivity index (χ4v) is 2.97. The normalized spacial score (nSPS) is 11.9. The molecule has 25 heavy (non-hydrogen) atoms. The van der Waals surface area contributed by atoms with Crippen molar-refractivity contribution >= 4 is 42.8 Å². The van der Waals surface area contributed by atoms with E-state index in [1.807, 2.05) is 4.72 Å². The van der Waals surface area contributed by atoms with E-state index in [-0.39, 0.29) is 5.56 Å². The minimum Gasteiger partial charge on any atom is -0.268 e. The standard InChI is InChI=1S/C13H14N4O6S2/c1-24(20,21)15-12(18)8-17-7-10(13(19)16-25(2,22)23)9-5-3-4-6-11(9)14-17/h3-7H,8H2,1-2H3,(H-,15,16,18,19)/p+1. The summed E-state index contributed by atoms with van der Waals surface area (Å²) in [6, 6.07) is 6.43. The molecule has 2 amide bonds. The van der Waals surface area contributed by atoms with E-state index in [1.165, 1.54) is 6.20 Å². The summed E-state index contributed by atoms with van der Waals surface area (Å²) >= 11 is 0. The Kier molecular flexibility index (Phi) is 5.04. The lowest BCUT2D eigenvalue weighted by Gasteiger charge is -2.05. The molecule has 0 saturated carbocycles. The second kappa shape index (κ2) is 6.72. The van der Waals surface area contributed by atoms with Crippen LogP contribution in [0.3, 0.4) is 0 Å². The van der Waals surface area contributed by atoms with Crippen molar-refractivity contribution in [1.82, 2.24) is 14.5 Å². The Morgan fingerprint density at radius 1 is 1.04 bits per heavy atom. The number of sulfonamides is 2.